The minimum Gasteiger partial charge on any atom is -0.381 e. The maximum atomic E-state index is 13.5. The Balaban J connectivity index is 1.52. The third kappa shape index (κ3) is 4.00. The molecule has 3 heterocycles. The summed E-state index contributed by atoms with van der Waals surface area (Å²) in [5.41, 5.74) is 1.40. The van der Waals surface area contributed by atoms with Crippen LogP contribution in [0.25, 0.3) is 5.69 Å². The lowest BCUT2D eigenvalue weighted by atomic mass is 9.87. The van der Waals surface area contributed by atoms with E-state index in [9.17, 15) is 9.18 Å². The van der Waals surface area contributed by atoms with E-state index in [2.05, 4.69) is 20.9 Å². The van der Waals surface area contributed by atoms with Crippen molar-refractivity contribution < 1.29 is 18.4 Å². The Labute approximate surface area is 167 Å². The third-order valence-corrected chi connectivity index (χ3v) is 4.98. The van der Waals surface area contributed by atoms with E-state index >= 15 is 0 Å². The van der Waals surface area contributed by atoms with E-state index < -0.39 is 11.6 Å². The summed E-state index contributed by atoms with van der Waals surface area (Å²) in [7, 11) is 0. The predicted molar refractivity (Wildman–Crippen MR) is 103 cm³/mol. The fourth-order valence-electron chi connectivity index (χ4n) is 3.51. The average molecular weight is 399 g/mol. The van der Waals surface area contributed by atoms with Crippen molar-refractivity contribution in [2.24, 2.45) is 0 Å². The number of urea groups is 1. The number of nitrogens with zero attached hydrogens (tertiary/aromatic N) is 3. The van der Waals surface area contributed by atoms with Crippen LogP contribution in [-0.4, -0.2) is 34.2 Å². The van der Waals surface area contributed by atoms with Gasteiger partial charge in [-0.05, 0) is 32.0 Å². The fourth-order valence-corrected chi connectivity index (χ4v) is 3.51. The zero-order valence-corrected chi connectivity index (χ0v) is 16.2. The molecule has 0 radical (unpaired) electrons. The number of hydrogen-bond acceptors (Lipinski definition) is 5. The molecule has 0 unspecified atom stereocenters. The Morgan fingerprint density at radius 2 is 2.00 bits per heavy atom. The van der Waals surface area contributed by atoms with Crippen LogP contribution in [-0.2, 0) is 10.3 Å². The van der Waals surface area contributed by atoms with Crippen LogP contribution >= 0.6 is 0 Å². The average Bonchev–Trinajstić information content (AvgIpc) is 3.28. The van der Waals surface area contributed by atoms with Crippen molar-refractivity contribution in [3.63, 3.8) is 0 Å². The lowest BCUT2D eigenvalue weighted by Crippen LogP contribution is -2.50. The van der Waals surface area contributed by atoms with Gasteiger partial charge in [-0.25, -0.2) is 13.9 Å². The van der Waals surface area contributed by atoms with E-state index in [1.807, 2.05) is 19.9 Å². The number of rotatable bonds is 4. The Bertz CT molecular complexity index is 1020. The Hall–Kier alpha value is -3.20. The summed E-state index contributed by atoms with van der Waals surface area (Å²) >= 11 is 0. The molecule has 1 aliphatic heterocycles. The molecule has 1 fully saturated rings. The number of aromatic nitrogens is 3. The molecule has 2 aromatic heterocycles. The van der Waals surface area contributed by atoms with Gasteiger partial charge in [0.15, 0.2) is 11.6 Å². The number of carbonyl (C=O) groups excluding carboxylic acids is 1. The fraction of sp³-hybridized carbons (Fsp3) is 0.350. The Morgan fingerprint density at radius 1 is 1.21 bits per heavy atom. The van der Waals surface area contributed by atoms with E-state index in [1.54, 1.807) is 22.9 Å². The maximum absolute atomic E-state index is 13.5. The van der Waals surface area contributed by atoms with Crippen LogP contribution in [0.4, 0.5) is 15.0 Å². The highest BCUT2D eigenvalue weighted by atomic mass is 19.1. The lowest BCUT2D eigenvalue weighted by molar-refractivity contribution is 0.0307. The molecule has 2 amide bonds. The molecule has 4 rings (SSSR count). The second-order valence-electron chi connectivity index (χ2n) is 7.17. The van der Waals surface area contributed by atoms with Crippen LogP contribution in [0.2, 0.25) is 0 Å². The zero-order chi connectivity index (χ0) is 20.4. The second-order valence-corrected chi connectivity index (χ2v) is 7.17. The van der Waals surface area contributed by atoms with Gasteiger partial charge in [0.1, 0.15) is 11.4 Å². The molecule has 0 saturated carbocycles. The van der Waals surface area contributed by atoms with Gasteiger partial charge in [0.2, 0.25) is 0 Å². The molecule has 1 saturated heterocycles. The van der Waals surface area contributed by atoms with Gasteiger partial charge < -0.3 is 14.6 Å². The summed E-state index contributed by atoms with van der Waals surface area (Å²) in [5, 5.41) is 14.1. The topological polar surface area (TPSA) is 94.2 Å². The Morgan fingerprint density at radius 3 is 2.69 bits per heavy atom. The van der Waals surface area contributed by atoms with E-state index in [4.69, 9.17) is 9.26 Å². The molecule has 152 valence electrons. The molecule has 1 aliphatic rings. The van der Waals surface area contributed by atoms with Gasteiger partial charge in [-0.3, -0.25) is 5.32 Å². The third-order valence-electron chi connectivity index (χ3n) is 4.98. The summed E-state index contributed by atoms with van der Waals surface area (Å²) in [6.45, 7) is 4.68. The van der Waals surface area contributed by atoms with Crippen molar-refractivity contribution in [2.75, 3.05) is 18.5 Å². The van der Waals surface area contributed by atoms with Crippen molar-refractivity contribution in [2.45, 2.75) is 32.2 Å². The number of benzene rings is 1. The zero-order valence-electron chi connectivity index (χ0n) is 16.2. The van der Waals surface area contributed by atoms with Crippen molar-refractivity contribution in [3.05, 3.63) is 59.4 Å². The largest absolute Gasteiger partial charge is 0.381 e. The second kappa shape index (κ2) is 7.67. The number of ether oxygens (including phenoxy) is 1. The first-order chi connectivity index (χ1) is 13.9. The van der Waals surface area contributed by atoms with Crippen LogP contribution < -0.4 is 10.6 Å². The predicted octanol–water partition coefficient (Wildman–Crippen LogP) is 3.44. The number of hydrogen-bond donors (Lipinski definition) is 2. The van der Waals surface area contributed by atoms with E-state index in [0.717, 1.165) is 11.4 Å². The lowest BCUT2D eigenvalue weighted by Gasteiger charge is -2.35. The molecule has 29 heavy (non-hydrogen) atoms. The number of halogens is 1. The molecule has 0 aliphatic carbocycles. The van der Waals surface area contributed by atoms with Crippen LogP contribution in [0.1, 0.15) is 30.0 Å². The first kappa shape index (κ1) is 19.1. The van der Waals surface area contributed by atoms with Gasteiger partial charge >= 0.3 is 6.03 Å². The van der Waals surface area contributed by atoms with E-state index in [1.165, 1.54) is 12.1 Å². The van der Waals surface area contributed by atoms with Crippen LogP contribution in [0.15, 0.2) is 40.9 Å². The SMILES string of the molecule is Cc1cc(C2(NC(=O)Nc3cc(C)n(-c4cccc(F)c4)n3)CCOCC2)on1. The summed E-state index contributed by atoms with van der Waals surface area (Å²) in [5.74, 6) is 0.614. The van der Waals surface area contributed by atoms with Crippen LogP contribution in [0.3, 0.4) is 0 Å². The summed E-state index contributed by atoms with van der Waals surface area (Å²) in [4.78, 5) is 12.7. The number of aryl methyl sites for hydroxylation is 2. The van der Waals surface area contributed by atoms with Gasteiger partial charge in [0.05, 0.1) is 11.4 Å². The highest BCUT2D eigenvalue weighted by Gasteiger charge is 2.39. The molecular formula is C20H22FN5O3. The van der Waals surface area contributed by atoms with Crippen molar-refractivity contribution in [1.82, 2.24) is 20.3 Å². The molecular weight excluding hydrogens is 377 g/mol. The van der Waals surface area contributed by atoms with E-state index in [0.29, 0.717) is 43.3 Å². The molecule has 0 bridgehead atoms. The quantitative estimate of drug-likeness (QED) is 0.701. The van der Waals surface area contributed by atoms with Gasteiger partial charge in [0, 0.05) is 43.9 Å². The van der Waals surface area contributed by atoms with E-state index in [-0.39, 0.29) is 5.82 Å². The van der Waals surface area contributed by atoms with Crippen molar-refractivity contribution in [1.29, 1.82) is 0 Å². The number of anilines is 1. The molecule has 9 heteroatoms. The summed E-state index contributed by atoms with van der Waals surface area (Å²) in [6.07, 6.45) is 1.15. The van der Waals surface area contributed by atoms with Gasteiger partial charge in [-0.1, -0.05) is 11.2 Å². The van der Waals surface area contributed by atoms with Crippen LogP contribution in [0.5, 0.6) is 0 Å². The highest BCUT2D eigenvalue weighted by Crippen LogP contribution is 2.32. The summed E-state index contributed by atoms with van der Waals surface area (Å²) in [6, 6.07) is 9.25. The molecule has 3 aromatic rings. The minimum absolute atomic E-state index is 0.353. The number of carbonyl (C=O) groups is 1. The minimum atomic E-state index is -0.691. The van der Waals surface area contributed by atoms with Crippen molar-refractivity contribution in [3.8, 4) is 5.69 Å². The maximum Gasteiger partial charge on any atom is 0.321 e. The number of amides is 2. The smallest absolute Gasteiger partial charge is 0.321 e. The van der Waals surface area contributed by atoms with Gasteiger partial charge in [-0.2, -0.15) is 0 Å². The highest BCUT2D eigenvalue weighted by molar-refractivity contribution is 5.89. The first-order valence-corrected chi connectivity index (χ1v) is 9.38. The number of nitrogens with one attached hydrogen (secondary N) is 2. The van der Waals surface area contributed by atoms with Crippen LogP contribution in [0, 0.1) is 19.7 Å². The molecule has 0 atom stereocenters. The van der Waals surface area contributed by atoms with Gasteiger partial charge in [-0.15, -0.1) is 5.10 Å². The summed E-state index contributed by atoms with van der Waals surface area (Å²) < 4.78 is 26.0. The normalized spacial score (nSPS) is 15.8. The monoisotopic (exact) mass is 399 g/mol. The Kier molecular flexibility index (Phi) is 5.06. The van der Waals surface area contributed by atoms with Crippen molar-refractivity contribution >= 4 is 11.8 Å². The van der Waals surface area contributed by atoms with Gasteiger partial charge in [0.25, 0.3) is 0 Å². The molecule has 8 nitrogen and oxygen atoms in total. The molecule has 2 N–H and O–H groups in total. The molecule has 0 spiro atoms. The molecule has 1 aromatic carbocycles. The first-order valence-electron chi connectivity index (χ1n) is 9.38. The standard InChI is InChI=1S/C20H22FN5O3/c1-13-10-17(29-25-13)20(6-8-28-9-7-20)23-19(27)22-18-11-14(2)26(24-18)16-5-3-4-15(21)12-16/h3-5,10-12H,6-9H2,1-2H3,(H2,22,23,24,27).